The van der Waals surface area contributed by atoms with E-state index in [2.05, 4.69) is 6.92 Å². The summed E-state index contributed by atoms with van der Waals surface area (Å²) in [5.74, 6) is 0.867. The fraction of sp³-hybridized carbons (Fsp3) is 0.636. The predicted molar refractivity (Wildman–Crippen MR) is 51.9 cm³/mol. The fourth-order valence-corrected chi connectivity index (χ4v) is 1.26. The average molecular weight is 184 g/mol. The van der Waals surface area contributed by atoms with Crippen molar-refractivity contribution >= 4 is 0 Å². The van der Waals surface area contributed by atoms with Crippen LogP contribution in [0.2, 0.25) is 0 Å². The van der Waals surface area contributed by atoms with Crippen LogP contribution in [0.1, 0.15) is 33.1 Å². The summed E-state index contributed by atoms with van der Waals surface area (Å²) in [6.45, 7) is 4.76. The van der Waals surface area contributed by atoms with Crippen molar-refractivity contribution in [3.8, 4) is 0 Å². The molecule has 0 radical (unpaired) electrons. The van der Waals surface area contributed by atoms with Gasteiger partial charge in [0.1, 0.15) is 5.83 Å². The summed E-state index contributed by atoms with van der Waals surface area (Å²) in [5.41, 5.74) is 0. The van der Waals surface area contributed by atoms with E-state index in [4.69, 9.17) is 4.74 Å². The molecule has 1 nitrogen and oxygen atoms in total. The van der Waals surface area contributed by atoms with E-state index in [0.29, 0.717) is 6.42 Å². The molecule has 0 N–H and O–H groups in total. The smallest absolute Gasteiger partial charge is 0.103 e. The van der Waals surface area contributed by atoms with Crippen LogP contribution >= 0.6 is 0 Å². The van der Waals surface area contributed by atoms with E-state index in [-0.39, 0.29) is 11.7 Å². The molecule has 0 saturated carbocycles. The van der Waals surface area contributed by atoms with E-state index in [1.54, 1.807) is 6.08 Å². The van der Waals surface area contributed by atoms with Crippen LogP contribution in [0.3, 0.4) is 0 Å². The summed E-state index contributed by atoms with van der Waals surface area (Å²) >= 11 is 0. The SMILES string of the molecule is CCCCOC1=CC=C(F)C(C)C1. The van der Waals surface area contributed by atoms with Crippen molar-refractivity contribution in [2.75, 3.05) is 6.61 Å². The Kier molecular flexibility index (Phi) is 4.00. The predicted octanol–water partition coefficient (Wildman–Crippen LogP) is 3.58. The van der Waals surface area contributed by atoms with Gasteiger partial charge in [-0.1, -0.05) is 20.3 Å². The van der Waals surface area contributed by atoms with Crippen molar-refractivity contribution in [3.05, 3.63) is 23.7 Å². The molecule has 0 saturated heterocycles. The molecule has 0 spiro atoms. The molecule has 0 heterocycles. The fourth-order valence-electron chi connectivity index (χ4n) is 1.26. The summed E-state index contributed by atoms with van der Waals surface area (Å²) in [6, 6.07) is 0. The van der Waals surface area contributed by atoms with Gasteiger partial charge in [0.15, 0.2) is 0 Å². The minimum Gasteiger partial charge on any atom is -0.498 e. The zero-order chi connectivity index (χ0) is 9.68. The second-order valence-electron chi connectivity index (χ2n) is 3.49. The summed E-state index contributed by atoms with van der Waals surface area (Å²) in [6.07, 6.45) is 6.15. The van der Waals surface area contributed by atoms with Crippen molar-refractivity contribution in [2.24, 2.45) is 5.92 Å². The van der Waals surface area contributed by atoms with Crippen LogP contribution in [-0.2, 0) is 4.74 Å². The monoisotopic (exact) mass is 184 g/mol. The van der Waals surface area contributed by atoms with Crippen LogP contribution in [0.25, 0.3) is 0 Å². The number of rotatable bonds is 4. The Morgan fingerprint density at radius 2 is 2.31 bits per heavy atom. The molecule has 13 heavy (non-hydrogen) atoms. The number of hydrogen-bond acceptors (Lipinski definition) is 1. The lowest BCUT2D eigenvalue weighted by atomic mass is 10.0. The van der Waals surface area contributed by atoms with Crippen molar-refractivity contribution < 1.29 is 9.13 Å². The maximum absolute atomic E-state index is 12.9. The molecule has 1 atom stereocenters. The van der Waals surface area contributed by atoms with Gasteiger partial charge in [0.05, 0.1) is 12.4 Å². The lowest BCUT2D eigenvalue weighted by Crippen LogP contribution is -2.05. The second-order valence-corrected chi connectivity index (χ2v) is 3.49. The first kappa shape index (κ1) is 10.3. The van der Waals surface area contributed by atoms with Crippen molar-refractivity contribution in [1.29, 1.82) is 0 Å². The number of allylic oxidation sites excluding steroid dienone is 4. The van der Waals surface area contributed by atoms with Crippen LogP contribution in [0.15, 0.2) is 23.7 Å². The molecule has 2 heteroatoms. The molecule has 1 aliphatic rings. The second kappa shape index (κ2) is 5.05. The van der Waals surface area contributed by atoms with E-state index >= 15 is 0 Å². The van der Waals surface area contributed by atoms with Crippen molar-refractivity contribution in [1.82, 2.24) is 0 Å². The van der Waals surface area contributed by atoms with Gasteiger partial charge < -0.3 is 4.74 Å². The molecule has 0 fully saturated rings. The third-order valence-corrected chi connectivity index (χ3v) is 2.19. The third kappa shape index (κ3) is 3.21. The Morgan fingerprint density at radius 3 is 2.92 bits per heavy atom. The molecule has 74 valence electrons. The largest absolute Gasteiger partial charge is 0.498 e. The van der Waals surface area contributed by atoms with Gasteiger partial charge in [0.2, 0.25) is 0 Å². The van der Waals surface area contributed by atoms with Gasteiger partial charge in [-0.05, 0) is 18.6 Å². The van der Waals surface area contributed by atoms with Gasteiger partial charge >= 0.3 is 0 Å². The Hall–Kier alpha value is -0.790. The number of ether oxygens (including phenoxy) is 1. The molecular formula is C11H17FO. The molecule has 1 rings (SSSR count). The number of halogens is 1. The topological polar surface area (TPSA) is 9.23 Å². The third-order valence-electron chi connectivity index (χ3n) is 2.19. The van der Waals surface area contributed by atoms with E-state index < -0.39 is 0 Å². The van der Waals surface area contributed by atoms with E-state index in [1.165, 1.54) is 6.08 Å². The summed E-state index contributed by atoms with van der Waals surface area (Å²) in [7, 11) is 0. The molecule has 1 aliphatic carbocycles. The first-order chi connectivity index (χ1) is 6.24. The van der Waals surface area contributed by atoms with E-state index in [0.717, 1.165) is 25.2 Å². The minimum atomic E-state index is -0.0390. The van der Waals surface area contributed by atoms with Gasteiger partial charge in [-0.15, -0.1) is 0 Å². The van der Waals surface area contributed by atoms with Gasteiger partial charge in [0.25, 0.3) is 0 Å². The highest BCUT2D eigenvalue weighted by atomic mass is 19.1. The van der Waals surface area contributed by atoms with Crippen LogP contribution in [0, 0.1) is 5.92 Å². The van der Waals surface area contributed by atoms with E-state index in [1.807, 2.05) is 6.92 Å². The highest BCUT2D eigenvalue weighted by Crippen LogP contribution is 2.26. The Labute approximate surface area is 79.3 Å². The number of hydrogen-bond donors (Lipinski definition) is 0. The highest BCUT2D eigenvalue weighted by Gasteiger charge is 2.15. The standard InChI is InChI=1S/C11H17FO/c1-3-4-7-13-10-5-6-11(12)9(2)8-10/h5-6,9H,3-4,7-8H2,1-2H3. The van der Waals surface area contributed by atoms with Crippen LogP contribution in [-0.4, -0.2) is 6.61 Å². The summed E-state index contributed by atoms with van der Waals surface area (Å²) in [4.78, 5) is 0. The molecule has 1 unspecified atom stereocenters. The van der Waals surface area contributed by atoms with E-state index in [9.17, 15) is 4.39 Å². The lowest BCUT2D eigenvalue weighted by Gasteiger charge is -2.17. The maximum Gasteiger partial charge on any atom is 0.103 e. The Balaban J connectivity index is 2.35. The molecule has 0 bridgehead atoms. The average Bonchev–Trinajstić information content (AvgIpc) is 2.12. The minimum absolute atomic E-state index is 0.0124. The molecule has 0 aliphatic heterocycles. The first-order valence-electron chi connectivity index (χ1n) is 4.93. The summed E-state index contributed by atoms with van der Waals surface area (Å²) < 4.78 is 18.4. The lowest BCUT2D eigenvalue weighted by molar-refractivity contribution is 0.187. The van der Waals surface area contributed by atoms with Gasteiger partial charge in [-0.2, -0.15) is 0 Å². The molecule has 0 aromatic rings. The van der Waals surface area contributed by atoms with Gasteiger partial charge in [-0.25, -0.2) is 4.39 Å². The van der Waals surface area contributed by atoms with Crippen molar-refractivity contribution in [3.63, 3.8) is 0 Å². The Bertz CT molecular complexity index is 218. The maximum atomic E-state index is 12.9. The van der Waals surface area contributed by atoms with Crippen molar-refractivity contribution in [2.45, 2.75) is 33.1 Å². The quantitative estimate of drug-likeness (QED) is 0.607. The zero-order valence-electron chi connectivity index (χ0n) is 8.35. The zero-order valence-corrected chi connectivity index (χ0v) is 8.35. The van der Waals surface area contributed by atoms with Crippen LogP contribution in [0.5, 0.6) is 0 Å². The summed E-state index contributed by atoms with van der Waals surface area (Å²) in [5, 5.41) is 0. The van der Waals surface area contributed by atoms with Gasteiger partial charge in [0, 0.05) is 12.3 Å². The Morgan fingerprint density at radius 1 is 1.54 bits per heavy atom. The van der Waals surface area contributed by atoms with Crippen LogP contribution < -0.4 is 0 Å². The molecule has 0 aromatic carbocycles. The molecule has 0 amide bonds. The normalized spacial score (nSPS) is 22.2. The molecule has 0 aromatic heterocycles. The first-order valence-corrected chi connectivity index (χ1v) is 4.93. The highest BCUT2D eigenvalue weighted by molar-refractivity contribution is 5.19. The van der Waals surface area contributed by atoms with Crippen LogP contribution in [0.4, 0.5) is 4.39 Å². The van der Waals surface area contributed by atoms with Gasteiger partial charge in [-0.3, -0.25) is 0 Å². The number of unbranched alkanes of at least 4 members (excludes halogenated alkanes) is 1. The molecular weight excluding hydrogens is 167 g/mol.